The minimum Gasteiger partial charge on any atom is -0.355 e. The van der Waals surface area contributed by atoms with Gasteiger partial charge >= 0.3 is 0 Å². The molecule has 0 saturated carbocycles. The van der Waals surface area contributed by atoms with Gasteiger partial charge in [-0.1, -0.05) is 91.0 Å². The van der Waals surface area contributed by atoms with Gasteiger partial charge < -0.3 is 4.57 Å². The van der Waals surface area contributed by atoms with Crippen LogP contribution < -0.4 is 20.1 Å². The number of hydrogen-bond donors (Lipinski definition) is 0. The van der Waals surface area contributed by atoms with E-state index in [9.17, 15) is 0 Å². The first-order chi connectivity index (χ1) is 15.8. The van der Waals surface area contributed by atoms with Crippen molar-refractivity contribution in [3.63, 3.8) is 0 Å². The Balaban J connectivity index is 1.85. The van der Waals surface area contributed by atoms with Crippen LogP contribution in [0.3, 0.4) is 0 Å². The predicted molar refractivity (Wildman–Crippen MR) is 132 cm³/mol. The highest BCUT2D eigenvalue weighted by molar-refractivity contribution is 7.13. The van der Waals surface area contributed by atoms with Crippen molar-refractivity contribution in [1.29, 1.82) is 0 Å². The third-order valence-electron chi connectivity index (χ3n) is 5.75. The van der Waals surface area contributed by atoms with E-state index >= 15 is 0 Å². The zero-order valence-corrected chi connectivity index (χ0v) is 18.8. The second-order valence-corrected chi connectivity index (χ2v) is 11.2. The van der Waals surface area contributed by atoms with E-state index in [0.717, 1.165) is 6.54 Å². The van der Waals surface area contributed by atoms with E-state index in [-0.39, 0.29) is 0 Å². The van der Waals surface area contributed by atoms with Crippen molar-refractivity contribution in [3.8, 4) is 0 Å². The van der Waals surface area contributed by atoms with Gasteiger partial charge in [-0.05, 0) is 22.5 Å². The molecule has 2 aromatic heterocycles. The molecule has 0 amide bonds. The first-order valence-corrected chi connectivity index (χ1v) is 12.7. The smallest absolute Gasteiger partial charge is 0.255 e. The van der Waals surface area contributed by atoms with Crippen LogP contribution >= 0.6 is 0 Å². The van der Waals surface area contributed by atoms with Crippen molar-refractivity contribution in [1.82, 2.24) is 19.9 Å². The molecule has 0 N–H and O–H groups in total. The number of benzene rings is 3. The highest BCUT2D eigenvalue weighted by atomic mass is 28.3. The first-order valence-electron chi connectivity index (χ1n) is 10.7. The summed E-state index contributed by atoms with van der Waals surface area (Å²) in [6.07, 6.45) is 5.11. The molecule has 0 saturated heterocycles. The number of anilines is 1. The maximum atomic E-state index is 4.86. The van der Waals surface area contributed by atoms with E-state index in [1.54, 1.807) is 18.6 Å². The summed E-state index contributed by atoms with van der Waals surface area (Å²) in [6.45, 7) is 2.91. The maximum absolute atomic E-state index is 4.86. The molecule has 156 valence electrons. The molecule has 5 rings (SSSR count). The summed E-state index contributed by atoms with van der Waals surface area (Å²) in [5.41, 5.74) is 1.30. The minimum absolute atomic E-state index is 0.605. The van der Waals surface area contributed by atoms with E-state index in [4.69, 9.17) is 9.97 Å². The fourth-order valence-corrected chi connectivity index (χ4v) is 9.27. The minimum atomic E-state index is -2.72. The molecule has 0 unspecified atom stereocenters. The van der Waals surface area contributed by atoms with Crippen LogP contribution in [0.2, 0.25) is 0 Å². The SMILES string of the molecule is CCN(c1ncc2nccnc2n1)[Si](c1ccccc1)(c1ccccc1)c1ccccc1. The normalized spacial score (nSPS) is 11.4. The Morgan fingerprint density at radius 1 is 0.656 bits per heavy atom. The van der Waals surface area contributed by atoms with Crippen LogP contribution in [-0.4, -0.2) is 34.7 Å². The Labute approximate surface area is 188 Å². The van der Waals surface area contributed by atoms with Gasteiger partial charge in [-0.2, -0.15) is 4.98 Å². The lowest BCUT2D eigenvalue weighted by Gasteiger charge is -2.43. The molecule has 0 bridgehead atoms. The van der Waals surface area contributed by atoms with Crippen LogP contribution in [0, 0.1) is 0 Å². The molecule has 5 nitrogen and oxygen atoms in total. The average molecular weight is 434 g/mol. The van der Waals surface area contributed by atoms with Gasteiger partial charge in [0.1, 0.15) is 5.52 Å². The van der Waals surface area contributed by atoms with Gasteiger partial charge in [0.25, 0.3) is 8.24 Å². The molecule has 5 aromatic rings. The molecule has 0 aliphatic heterocycles. The van der Waals surface area contributed by atoms with Crippen LogP contribution in [0.1, 0.15) is 6.92 Å². The second-order valence-electron chi connectivity index (χ2n) is 7.49. The fourth-order valence-electron chi connectivity index (χ4n) is 4.43. The zero-order valence-electron chi connectivity index (χ0n) is 17.8. The van der Waals surface area contributed by atoms with E-state index in [1.165, 1.54) is 15.6 Å². The number of rotatable bonds is 6. The highest BCUT2D eigenvalue weighted by Crippen LogP contribution is 2.20. The molecule has 0 atom stereocenters. The third-order valence-corrected chi connectivity index (χ3v) is 10.6. The van der Waals surface area contributed by atoms with Crippen molar-refractivity contribution in [2.24, 2.45) is 0 Å². The van der Waals surface area contributed by atoms with Crippen LogP contribution in [-0.2, 0) is 0 Å². The number of hydrogen-bond acceptors (Lipinski definition) is 5. The summed E-state index contributed by atoms with van der Waals surface area (Å²) in [7, 11) is -2.72. The Morgan fingerprint density at radius 2 is 1.16 bits per heavy atom. The molecule has 0 aliphatic carbocycles. The summed E-state index contributed by atoms with van der Waals surface area (Å²) >= 11 is 0. The molecule has 32 heavy (non-hydrogen) atoms. The summed E-state index contributed by atoms with van der Waals surface area (Å²) in [5.74, 6) is 0.670. The van der Waals surface area contributed by atoms with Crippen molar-refractivity contribution in [2.75, 3.05) is 11.1 Å². The van der Waals surface area contributed by atoms with Crippen LogP contribution in [0.15, 0.2) is 110 Å². The highest BCUT2D eigenvalue weighted by Gasteiger charge is 2.46. The lowest BCUT2D eigenvalue weighted by Crippen LogP contribution is -2.78. The topological polar surface area (TPSA) is 54.8 Å². The fraction of sp³-hybridized carbons (Fsp3) is 0.0769. The quantitative estimate of drug-likeness (QED) is 0.304. The standard InChI is InChI=1S/C26H23N5Si/c1-2-31(26-29-20-24-25(30-26)28-19-18-27-24)32(21-12-6-3-7-13-21,22-14-8-4-9-15-22)23-16-10-5-11-17-23/h3-20H,2H2,1H3. The number of aromatic nitrogens is 4. The monoisotopic (exact) mass is 433 g/mol. The van der Waals surface area contributed by atoms with Crippen LogP contribution in [0.4, 0.5) is 5.95 Å². The molecular weight excluding hydrogens is 410 g/mol. The lowest BCUT2D eigenvalue weighted by atomic mass is 10.3. The van der Waals surface area contributed by atoms with Crippen molar-refractivity contribution >= 4 is 40.9 Å². The van der Waals surface area contributed by atoms with Crippen molar-refractivity contribution < 1.29 is 0 Å². The Morgan fingerprint density at radius 3 is 1.66 bits per heavy atom. The Bertz CT molecular complexity index is 1220. The summed E-state index contributed by atoms with van der Waals surface area (Å²) in [6, 6.07) is 32.3. The molecule has 0 fully saturated rings. The summed E-state index contributed by atoms with van der Waals surface area (Å²) < 4.78 is 2.39. The molecule has 2 heterocycles. The third kappa shape index (κ3) is 3.35. The second kappa shape index (κ2) is 8.68. The van der Waals surface area contributed by atoms with E-state index in [0.29, 0.717) is 17.1 Å². The van der Waals surface area contributed by atoms with Crippen LogP contribution in [0.5, 0.6) is 0 Å². The van der Waals surface area contributed by atoms with Gasteiger partial charge in [-0.25, -0.2) is 15.0 Å². The molecule has 0 aliphatic rings. The average Bonchev–Trinajstić information content (AvgIpc) is 2.88. The lowest BCUT2D eigenvalue weighted by molar-refractivity contribution is 0.986. The van der Waals surface area contributed by atoms with Gasteiger partial charge in [-0.3, -0.25) is 0 Å². The van der Waals surface area contributed by atoms with E-state index in [1.807, 2.05) is 0 Å². The van der Waals surface area contributed by atoms with Crippen LogP contribution in [0.25, 0.3) is 11.2 Å². The summed E-state index contributed by atoms with van der Waals surface area (Å²) in [5, 5.41) is 3.84. The predicted octanol–water partition coefficient (Wildman–Crippen LogP) is 2.91. The molecule has 0 radical (unpaired) electrons. The largest absolute Gasteiger partial charge is 0.355 e. The molecule has 0 spiro atoms. The first kappa shape index (κ1) is 20.0. The Kier molecular flexibility index (Phi) is 5.43. The maximum Gasteiger partial charge on any atom is 0.255 e. The number of nitrogens with zero attached hydrogens (tertiary/aromatic N) is 5. The van der Waals surface area contributed by atoms with E-state index < -0.39 is 8.24 Å². The molecule has 3 aromatic carbocycles. The van der Waals surface area contributed by atoms with Gasteiger partial charge in [0.05, 0.1) is 6.20 Å². The number of fused-ring (bicyclic) bond motifs is 1. The van der Waals surface area contributed by atoms with Crippen molar-refractivity contribution in [3.05, 3.63) is 110 Å². The van der Waals surface area contributed by atoms with Gasteiger partial charge in [0.2, 0.25) is 5.95 Å². The molecular formula is C26H23N5Si. The van der Waals surface area contributed by atoms with Gasteiger partial charge in [0, 0.05) is 18.9 Å². The van der Waals surface area contributed by atoms with Gasteiger partial charge in [0.15, 0.2) is 5.65 Å². The zero-order chi connectivity index (χ0) is 21.8. The van der Waals surface area contributed by atoms with Crippen molar-refractivity contribution in [2.45, 2.75) is 6.92 Å². The molecule has 6 heteroatoms. The Hall–Kier alpha value is -3.90. The van der Waals surface area contributed by atoms with E-state index in [2.05, 4.69) is 112 Å². The summed E-state index contributed by atoms with van der Waals surface area (Å²) in [4.78, 5) is 18.4. The van der Waals surface area contributed by atoms with Gasteiger partial charge in [-0.15, -0.1) is 0 Å².